The van der Waals surface area contributed by atoms with Gasteiger partial charge in [-0.3, -0.25) is 4.79 Å². The van der Waals surface area contributed by atoms with Crippen molar-refractivity contribution in [2.45, 2.75) is 38.7 Å². The maximum absolute atomic E-state index is 14.9. The van der Waals surface area contributed by atoms with Crippen LogP contribution in [0.3, 0.4) is 0 Å². The van der Waals surface area contributed by atoms with Gasteiger partial charge in [0.2, 0.25) is 5.91 Å². The minimum absolute atomic E-state index is 0.0252. The highest BCUT2D eigenvalue weighted by molar-refractivity contribution is 7.99. The topological polar surface area (TPSA) is 44.8 Å². The Morgan fingerprint density at radius 3 is 2.79 bits per heavy atom. The molecule has 5 nitrogen and oxygen atoms in total. The molecule has 2 aliphatic heterocycles. The van der Waals surface area contributed by atoms with Crippen molar-refractivity contribution in [3.05, 3.63) is 36.5 Å². The van der Waals surface area contributed by atoms with Crippen molar-refractivity contribution in [3.8, 4) is 0 Å². The number of thioether (sulfide) groups is 1. The number of ether oxygens (including phenoxy) is 1. The van der Waals surface area contributed by atoms with Gasteiger partial charge in [0.15, 0.2) is 5.88 Å². The summed E-state index contributed by atoms with van der Waals surface area (Å²) in [5.41, 5.74) is 1.40. The molecule has 7 heteroatoms. The summed E-state index contributed by atoms with van der Waals surface area (Å²) >= 11 is 1.98. The molecule has 2 fully saturated rings. The van der Waals surface area contributed by atoms with Gasteiger partial charge in [-0.05, 0) is 55.5 Å². The first-order chi connectivity index (χ1) is 13.6. The zero-order valence-corrected chi connectivity index (χ0v) is 17.4. The van der Waals surface area contributed by atoms with Crippen LogP contribution in [0.2, 0.25) is 0 Å². The second kappa shape index (κ2) is 10.0. The summed E-state index contributed by atoms with van der Waals surface area (Å²) in [5, 5.41) is 2.88. The third-order valence-corrected chi connectivity index (χ3v) is 6.17. The van der Waals surface area contributed by atoms with Crippen LogP contribution in [0.4, 0.5) is 15.8 Å². The quantitative estimate of drug-likeness (QED) is 0.778. The molecule has 0 saturated carbocycles. The van der Waals surface area contributed by atoms with Crippen LogP contribution < -0.4 is 15.1 Å². The molecule has 1 aromatic carbocycles. The summed E-state index contributed by atoms with van der Waals surface area (Å²) in [6, 6.07) is 5.36. The normalized spacial score (nSPS) is 20.5. The van der Waals surface area contributed by atoms with Gasteiger partial charge in [0.1, 0.15) is 11.9 Å². The summed E-state index contributed by atoms with van der Waals surface area (Å²) in [6.45, 7) is 8.68. The number of amides is 1. The van der Waals surface area contributed by atoms with Crippen LogP contribution in [-0.4, -0.2) is 49.7 Å². The molecule has 28 heavy (non-hydrogen) atoms. The molecule has 0 bridgehead atoms. The first-order valence-corrected chi connectivity index (χ1v) is 11.3. The lowest BCUT2D eigenvalue weighted by Gasteiger charge is -2.28. The minimum atomic E-state index is -0.210. The number of benzene rings is 1. The highest BCUT2D eigenvalue weighted by Gasteiger charge is 2.28. The number of halogens is 1. The predicted molar refractivity (Wildman–Crippen MR) is 114 cm³/mol. The summed E-state index contributed by atoms with van der Waals surface area (Å²) < 4.78 is 20.6. The van der Waals surface area contributed by atoms with Crippen molar-refractivity contribution in [3.63, 3.8) is 0 Å². The molecule has 0 aromatic heterocycles. The van der Waals surface area contributed by atoms with Gasteiger partial charge in [-0.25, -0.2) is 4.39 Å². The molecule has 1 aromatic rings. The average Bonchev–Trinajstić information content (AvgIpc) is 3.01. The molecule has 154 valence electrons. The van der Waals surface area contributed by atoms with E-state index in [4.69, 9.17) is 4.74 Å². The van der Waals surface area contributed by atoms with Gasteiger partial charge in [0, 0.05) is 25.2 Å². The fourth-order valence-electron chi connectivity index (χ4n) is 3.59. The van der Waals surface area contributed by atoms with E-state index in [1.54, 1.807) is 6.07 Å². The van der Waals surface area contributed by atoms with Crippen molar-refractivity contribution in [2.75, 3.05) is 47.5 Å². The van der Waals surface area contributed by atoms with Crippen LogP contribution >= 0.6 is 11.8 Å². The SMILES string of the molecule is C=C1O[C@@H](CNC(=O)CCC)CN1c1ccc(N2CCCSCCC2)c(F)c1. The molecule has 2 saturated heterocycles. The van der Waals surface area contributed by atoms with Crippen molar-refractivity contribution in [1.82, 2.24) is 5.32 Å². The predicted octanol–water partition coefficient (Wildman–Crippen LogP) is 3.75. The standard InChI is InChI=1S/C21H30FN3O2S/c1-3-6-21(26)23-14-18-15-25(16(2)27-18)17-7-8-20(19(22)13-17)24-9-4-11-28-12-5-10-24/h7-8,13,18H,2-6,9-12,14-15H2,1H3,(H,23,26)/t18-/m0/s1. The highest BCUT2D eigenvalue weighted by Crippen LogP contribution is 2.31. The van der Waals surface area contributed by atoms with Crippen LogP contribution in [0.1, 0.15) is 32.6 Å². The highest BCUT2D eigenvalue weighted by atomic mass is 32.2. The zero-order chi connectivity index (χ0) is 19.9. The van der Waals surface area contributed by atoms with Crippen LogP contribution in [0.25, 0.3) is 0 Å². The largest absolute Gasteiger partial charge is 0.472 e. The first-order valence-electron chi connectivity index (χ1n) is 10.1. The van der Waals surface area contributed by atoms with E-state index in [-0.39, 0.29) is 17.8 Å². The van der Waals surface area contributed by atoms with Crippen LogP contribution in [-0.2, 0) is 9.53 Å². The molecule has 1 amide bonds. The molecule has 2 heterocycles. The average molecular weight is 408 g/mol. The van der Waals surface area contributed by atoms with Crippen molar-refractivity contribution in [2.24, 2.45) is 0 Å². The van der Waals surface area contributed by atoms with Gasteiger partial charge >= 0.3 is 0 Å². The summed E-state index contributed by atoms with van der Waals surface area (Å²) in [7, 11) is 0. The van der Waals surface area contributed by atoms with E-state index in [1.165, 1.54) is 0 Å². The number of nitrogens with one attached hydrogen (secondary N) is 1. The Hall–Kier alpha value is -1.89. The maximum atomic E-state index is 14.9. The lowest BCUT2D eigenvalue weighted by Crippen LogP contribution is -2.34. The number of anilines is 2. The van der Waals surface area contributed by atoms with E-state index in [1.807, 2.05) is 35.7 Å². The second-order valence-corrected chi connectivity index (χ2v) is 8.47. The van der Waals surface area contributed by atoms with E-state index in [0.29, 0.717) is 31.1 Å². The Bertz CT molecular complexity index is 692. The van der Waals surface area contributed by atoms with Crippen molar-refractivity contribution < 1.29 is 13.9 Å². The minimum Gasteiger partial charge on any atom is -0.472 e. The molecule has 0 radical (unpaired) electrons. The number of hydrogen-bond acceptors (Lipinski definition) is 5. The van der Waals surface area contributed by atoms with Gasteiger partial charge in [-0.1, -0.05) is 6.92 Å². The fraction of sp³-hybridized carbons (Fsp3) is 0.571. The third-order valence-electron chi connectivity index (χ3n) is 5.01. The van der Waals surface area contributed by atoms with Crippen LogP contribution in [0.5, 0.6) is 0 Å². The van der Waals surface area contributed by atoms with Crippen molar-refractivity contribution in [1.29, 1.82) is 0 Å². The summed E-state index contributed by atoms with van der Waals surface area (Å²) in [4.78, 5) is 15.7. The molecule has 2 aliphatic rings. The number of rotatable bonds is 6. The lowest BCUT2D eigenvalue weighted by atomic mass is 10.2. The Balaban J connectivity index is 1.62. The van der Waals surface area contributed by atoms with E-state index in [0.717, 1.165) is 49.5 Å². The summed E-state index contributed by atoms with van der Waals surface area (Å²) in [5.74, 6) is 2.58. The molecular formula is C21H30FN3O2S. The monoisotopic (exact) mass is 407 g/mol. The van der Waals surface area contributed by atoms with Gasteiger partial charge in [-0.2, -0.15) is 11.8 Å². The lowest BCUT2D eigenvalue weighted by molar-refractivity contribution is -0.121. The Morgan fingerprint density at radius 1 is 1.36 bits per heavy atom. The third kappa shape index (κ3) is 5.34. The van der Waals surface area contributed by atoms with E-state index in [9.17, 15) is 9.18 Å². The maximum Gasteiger partial charge on any atom is 0.220 e. The molecule has 0 spiro atoms. The number of carbonyl (C=O) groups is 1. The van der Waals surface area contributed by atoms with E-state index in [2.05, 4.69) is 16.8 Å². The Kier molecular flexibility index (Phi) is 7.48. The number of carbonyl (C=O) groups excluding carboxylic acids is 1. The zero-order valence-electron chi connectivity index (χ0n) is 16.6. The van der Waals surface area contributed by atoms with Gasteiger partial charge < -0.3 is 19.9 Å². The second-order valence-electron chi connectivity index (χ2n) is 7.24. The number of nitrogens with zero attached hydrogens (tertiary/aromatic N) is 2. The van der Waals surface area contributed by atoms with E-state index >= 15 is 0 Å². The first kappa shape index (κ1) is 20.8. The summed E-state index contributed by atoms with van der Waals surface area (Å²) in [6.07, 6.45) is 3.31. The van der Waals surface area contributed by atoms with Gasteiger partial charge in [-0.15, -0.1) is 0 Å². The van der Waals surface area contributed by atoms with E-state index < -0.39 is 0 Å². The Labute approximate surface area is 171 Å². The molecule has 3 rings (SSSR count). The fourth-order valence-corrected chi connectivity index (χ4v) is 4.46. The van der Waals surface area contributed by atoms with Gasteiger partial charge in [0.25, 0.3) is 0 Å². The van der Waals surface area contributed by atoms with Crippen LogP contribution in [0.15, 0.2) is 30.7 Å². The molecule has 1 N–H and O–H groups in total. The molecule has 1 atom stereocenters. The molecular weight excluding hydrogens is 377 g/mol. The Morgan fingerprint density at radius 2 is 2.11 bits per heavy atom. The van der Waals surface area contributed by atoms with Crippen molar-refractivity contribution >= 4 is 29.0 Å². The van der Waals surface area contributed by atoms with Gasteiger partial charge in [0.05, 0.1) is 18.8 Å². The molecule has 0 unspecified atom stereocenters. The number of hydrogen-bond donors (Lipinski definition) is 1. The molecule has 0 aliphatic carbocycles. The smallest absolute Gasteiger partial charge is 0.220 e. The van der Waals surface area contributed by atoms with Crippen LogP contribution in [0, 0.1) is 5.82 Å².